The van der Waals surface area contributed by atoms with Gasteiger partial charge in [-0.1, -0.05) is 25.5 Å². The zero-order chi connectivity index (χ0) is 17.5. The Hall–Kier alpha value is -2.41. The summed E-state index contributed by atoms with van der Waals surface area (Å²) in [6.45, 7) is 6.61. The molecule has 0 bridgehead atoms. The molecule has 3 N–H and O–H groups in total. The lowest BCUT2D eigenvalue weighted by atomic mass is 10.2. The van der Waals surface area contributed by atoms with Crippen LogP contribution >= 0.6 is 0 Å². The number of nitrogens with zero attached hydrogens (tertiary/aromatic N) is 3. The molecule has 7 nitrogen and oxygen atoms in total. The van der Waals surface area contributed by atoms with Crippen LogP contribution in [0.4, 0.5) is 10.5 Å². The molecule has 1 atom stereocenters. The number of aryl methyl sites for hydroxylation is 2. The summed E-state index contributed by atoms with van der Waals surface area (Å²) in [5, 5.41) is 19.4. The van der Waals surface area contributed by atoms with Crippen molar-refractivity contribution in [2.75, 3.05) is 11.9 Å². The highest BCUT2D eigenvalue weighted by Gasteiger charge is 2.08. The second-order valence-corrected chi connectivity index (χ2v) is 5.84. The number of aromatic nitrogens is 3. The zero-order valence-corrected chi connectivity index (χ0v) is 14.4. The molecule has 0 aliphatic carbocycles. The molecule has 2 aromatic rings. The number of anilines is 1. The number of nitrogens with one attached hydrogen (secondary N) is 2. The van der Waals surface area contributed by atoms with Crippen LogP contribution in [0.1, 0.15) is 37.0 Å². The van der Waals surface area contributed by atoms with E-state index in [0.29, 0.717) is 18.7 Å². The minimum absolute atomic E-state index is 0.247. The Balaban J connectivity index is 1.92. The Kier molecular flexibility index (Phi) is 6.31. The van der Waals surface area contributed by atoms with Crippen LogP contribution in [0, 0.1) is 13.8 Å². The van der Waals surface area contributed by atoms with E-state index < -0.39 is 6.10 Å². The number of aliphatic hydroxyl groups is 1. The third-order valence-corrected chi connectivity index (χ3v) is 3.60. The van der Waals surface area contributed by atoms with Crippen molar-refractivity contribution in [1.29, 1.82) is 0 Å². The van der Waals surface area contributed by atoms with Gasteiger partial charge in [0.05, 0.1) is 12.6 Å². The number of hydrogen-bond donors (Lipinski definition) is 3. The van der Waals surface area contributed by atoms with Crippen molar-refractivity contribution in [2.24, 2.45) is 0 Å². The van der Waals surface area contributed by atoms with Gasteiger partial charge < -0.3 is 15.7 Å². The van der Waals surface area contributed by atoms with Crippen LogP contribution < -0.4 is 10.6 Å². The van der Waals surface area contributed by atoms with E-state index in [2.05, 4.69) is 20.7 Å². The van der Waals surface area contributed by atoms with Gasteiger partial charge in [-0.15, -0.1) is 0 Å². The van der Waals surface area contributed by atoms with Crippen molar-refractivity contribution in [2.45, 2.75) is 46.3 Å². The zero-order valence-electron chi connectivity index (χ0n) is 14.4. The molecule has 1 unspecified atom stereocenters. The standard InChI is InChI=1S/C17H25N5O2/c1-4-6-16(23)10-18-17(24)20-15-8-5-7-14(9-15)11-22-13(3)19-12(2)21-22/h5,7-9,16,23H,4,6,10-11H2,1-3H3,(H2,18,20,24). The molecule has 2 amide bonds. The van der Waals surface area contributed by atoms with Gasteiger partial charge in [-0.2, -0.15) is 5.10 Å². The first-order chi connectivity index (χ1) is 11.5. The van der Waals surface area contributed by atoms with E-state index >= 15 is 0 Å². The molecule has 0 aliphatic heterocycles. The summed E-state index contributed by atoms with van der Waals surface area (Å²) in [6, 6.07) is 7.26. The number of hydrogen-bond acceptors (Lipinski definition) is 4. The summed E-state index contributed by atoms with van der Waals surface area (Å²) in [5.74, 6) is 1.60. The van der Waals surface area contributed by atoms with Crippen LogP contribution in [0.2, 0.25) is 0 Å². The van der Waals surface area contributed by atoms with E-state index in [4.69, 9.17) is 0 Å². The summed E-state index contributed by atoms with van der Waals surface area (Å²) < 4.78 is 1.83. The van der Waals surface area contributed by atoms with Gasteiger partial charge in [0, 0.05) is 12.2 Å². The highest BCUT2D eigenvalue weighted by atomic mass is 16.3. The van der Waals surface area contributed by atoms with Crippen molar-refractivity contribution >= 4 is 11.7 Å². The number of carbonyl (C=O) groups excluding carboxylic acids is 1. The van der Waals surface area contributed by atoms with E-state index in [1.165, 1.54) is 0 Å². The van der Waals surface area contributed by atoms with Gasteiger partial charge in [-0.25, -0.2) is 14.5 Å². The quantitative estimate of drug-likeness (QED) is 0.725. The van der Waals surface area contributed by atoms with Crippen molar-refractivity contribution in [3.8, 4) is 0 Å². The molecule has 1 heterocycles. The molecule has 0 radical (unpaired) electrons. The normalized spacial score (nSPS) is 12.0. The Morgan fingerprint density at radius 2 is 2.17 bits per heavy atom. The molecule has 0 saturated carbocycles. The average molecular weight is 331 g/mol. The highest BCUT2D eigenvalue weighted by Crippen LogP contribution is 2.12. The largest absolute Gasteiger partial charge is 0.391 e. The van der Waals surface area contributed by atoms with Crippen LogP contribution in [0.5, 0.6) is 0 Å². The molecule has 1 aromatic carbocycles. The van der Waals surface area contributed by atoms with Crippen molar-refractivity contribution in [3.05, 3.63) is 41.5 Å². The predicted octanol–water partition coefficient (Wildman–Crippen LogP) is 2.23. The minimum Gasteiger partial charge on any atom is -0.391 e. The van der Waals surface area contributed by atoms with Gasteiger partial charge in [-0.3, -0.25) is 0 Å². The first-order valence-corrected chi connectivity index (χ1v) is 8.18. The minimum atomic E-state index is -0.509. The van der Waals surface area contributed by atoms with Gasteiger partial charge in [0.1, 0.15) is 11.6 Å². The molecular formula is C17H25N5O2. The molecule has 2 rings (SSSR count). The third kappa shape index (κ3) is 5.34. The summed E-state index contributed by atoms with van der Waals surface area (Å²) in [7, 11) is 0. The van der Waals surface area contributed by atoms with Gasteiger partial charge >= 0.3 is 6.03 Å². The van der Waals surface area contributed by atoms with Gasteiger partial charge in [0.25, 0.3) is 0 Å². The highest BCUT2D eigenvalue weighted by molar-refractivity contribution is 5.89. The van der Waals surface area contributed by atoms with E-state index in [9.17, 15) is 9.90 Å². The first kappa shape index (κ1) is 17.9. The second kappa shape index (κ2) is 8.44. The van der Waals surface area contributed by atoms with Crippen LogP contribution in [0.3, 0.4) is 0 Å². The molecule has 7 heteroatoms. The number of urea groups is 1. The molecule has 130 valence electrons. The summed E-state index contributed by atoms with van der Waals surface area (Å²) in [4.78, 5) is 16.2. The van der Waals surface area contributed by atoms with Crippen molar-refractivity contribution in [3.63, 3.8) is 0 Å². The Bertz CT molecular complexity index is 683. The second-order valence-electron chi connectivity index (χ2n) is 5.84. The molecule has 0 aliphatic rings. The molecule has 0 saturated heterocycles. The van der Waals surface area contributed by atoms with E-state index in [0.717, 1.165) is 23.6 Å². The van der Waals surface area contributed by atoms with Crippen LogP contribution in [0.25, 0.3) is 0 Å². The smallest absolute Gasteiger partial charge is 0.319 e. The number of carbonyl (C=O) groups is 1. The Morgan fingerprint density at radius 1 is 1.38 bits per heavy atom. The van der Waals surface area contributed by atoms with Gasteiger partial charge in [0.2, 0.25) is 0 Å². The van der Waals surface area contributed by atoms with Crippen LogP contribution in [-0.4, -0.2) is 38.6 Å². The fourth-order valence-corrected chi connectivity index (χ4v) is 2.45. The fourth-order valence-electron chi connectivity index (χ4n) is 2.45. The number of aliphatic hydroxyl groups excluding tert-OH is 1. The maximum absolute atomic E-state index is 11.9. The average Bonchev–Trinajstić information content (AvgIpc) is 2.83. The lowest BCUT2D eigenvalue weighted by Gasteiger charge is -2.12. The van der Waals surface area contributed by atoms with Crippen LogP contribution in [-0.2, 0) is 6.54 Å². The third-order valence-electron chi connectivity index (χ3n) is 3.60. The SMILES string of the molecule is CCCC(O)CNC(=O)Nc1cccc(Cn2nc(C)nc2C)c1. The topological polar surface area (TPSA) is 92.1 Å². The molecule has 0 fully saturated rings. The molecule has 24 heavy (non-hydrogen) atoms. The lowest BCUT2D eigenvalue weighted by Crippen LogP contribution is -2.35. The van der Waals surface area contributed by atoms with E-state index in [1.54, 1.807) is 0 Å². The maximum atomic E-state index is 11.9. The number of amides is 2. The van der Waals surface area contributed by atoms with E-state index in [1.807, 2.05) is 49.7 Å². The van der Waals surface area contributed by atoms with Crippen molar-refractivity contribution in [1.82, 2.24) is 20.1 Å². The fraction of sp³-hybridized carbons (Fsp3) is 0.471. The van der Waals surface area contributed by atoms with Crippen molar-refractivity contribution < 1.29 is 9.90 Å². The lowest BCUT2D eigenvalue weighted by molar-refractivity contribution is 0.162. The van der Waals surface area contributed by atoms with Gasteiger partial charge in [-0.05, 0) is 38.0 Å². The number of benzene rings is 1. The number of rotatable bonds is 7. The maximum Gasteiger partial charge on any atom is 0.319 e. The monoisotopic (exact) mass is 331 g/mol. The Morgan fingerprint density at radius 3 is 2.83 bits per heavy atom. The summed E-state index contributed by atoms with van der Waals surface area (Å²) in [6.07, 6.45) is 1.05. The Labute approximate surface area is 142 Å². The van der Waals surface area contributed by atoms with E-state index in [-0.39, 0.29) is 12.6 Å². The summed E-state index contributed by atoms with van der Waals surface area (Å²) >= 11 is 0. The summed E-state index contributed by atoms with van der Waals surface area (Å²) in [5.41, 5.74) is 1.72. The first-order valence-electron chi connectivity index (χ1n) is 8.18. The molecular weight excluding hydrogens is 306 g/mol. The van der Waals surface area contributed by atoms with Gasteiger partial charge in [0.15, 0.2) is 0 Å². The molecule has 1 aromatic heterocycles. The predicted molar refractivity (Wildman–Crippen MR) is 93.0 cm³/mol. The van der Waals surface area contributed by atoms with Crippen LogP contribution in [0.15, 0.2) is 24.3 Å². The molecule has 0 spiro atoms.